The summed E-state index contributed by atoms with van der Waals surface area (Å²) in [7, 11) is 3.88. The van der Waals surface area contributed by atoms with Crippen LogP contribution < -0.4 is 15.5 Å². The molecule has 2 amide bonds. The lowest BCUT2D eigenvalue weighted by Crippen LogP contribution is -2.45. The molecule has 2 N–H and O–H groups in total. The first-order valence-electron chi connectivity index (χ1n) is 7.34. The Morgan fingerprint density at radius 2 is 2.38 bits per heavy atom. The molecule has 6 nitrogen and oxygen atoms in total. The zero-order chi connectivity index (χ0) is 15.2. The second kappa shape index (κ2) is 7.26. The van der Waals surface area contributed by atoms with Gasteiger partial charge in [0.25, 0.3) is 0 Å². The minimum Gasteiger partial charge on any atom is -0.376 e. The molecule has 1 fully saturated rings. The van der Waals surface area contributed by atoms with Gasteiger partial charge in [0.1, 0.15) is 5.82 Å². The summed E-state index contributed by atoms with van der Waals surface area (Å²) in [5.41, 5.74) is 1.02. The Bertz CT molecular complexity index is 472. The van der Waals surface area contributed by atoms with E-state index in [2.05, 4.69) is 15.6 Å². The standard InChI is InChI=1S/C15H24N4O2/c1-11(13-5-4-8-21-13)18-15(20)17-10-12-6-7-16-14(9-12)19(2)3/h6-7,9,11,13H,4-5,8,10H2,1-3H3,(H2,17,18,20)/t11-,13-/m0/s1. The Balaban J connectivity index is 1.79. The van der Waals surface area contributed by atoms with Gasteiger partial charge in [0.2, 0.25) is 0 Å². The molecule has 116 valence electrons. The molecule has 0 saturated carbocycles. The van der Waals surface area contributed by atoms with E-state index in [0.29, 0.717) is 6.54 Å². The number of pyridine rings is 1. The van der Waals surface area contributed by atoms with Gasteiger partial charge in [-0.05, 0) is 37.5 Å². The highest BCUT2D eigenvalue weighted by Crippen LogP contribution is 2.15. The summed E-state index contributed by atoms with van der Waals surface area (Å²) in [5, 5.41) is 5.80. The molecule has 1 aromatic heterocycles. The summed E-state index contributed by atoms with van der Waals surface area (Å²) in [5.74, 6) is 0.877. The zero-order valence-electron chi connectivity index (χ0n) is 12.9. The van der Waals surface area contributed by atoms with E-state index < -0.39 is 0 Å². The van der Waals surface area contributed by atoms with Crippen molar-refractivity contribution >= 4 is 11.8 Å². The number of carbonyl (C=O) groups excluding carboxylic acids is 1. The van der Waals surface area contributed by atoms with Gasteiger partial charge >= 0.3 is 6.03 Å². The van der Waals surface area contributed by atoms with E-state index in [1.54, 1.807) is 6.20 Å². The highest BCUT2D eigenvalue weighted by Gasteiger charge is 2.23. The summed E-state index contributed by atoms with van der Waals surface area (Å²) in [6.45, 7) is 3.25. The van der Waals surface area contributed by atoms with Crippen molar-refractivity contribution in [3.05, 3.63) is 23.9 Å². The zero-order valence-corrected chi connectivity index (χ0v) is 12.9. The molecule has 0 unspecified atom stereocenters. The molecular formula is C15H24N4O2. The van der Waals surface area contributed by atoms with Crippen LogP contribution in [0.4, 0.5) is 10.6 Å². The van der Waals surface area contributed by atoms with Crippen molar-refractivity contribution in [1.82, 2.24) is 15.6 Å². The predicted octanol–water partition coefficient (Wildman–Crippen LogP) is 1.51. The topological polar surface area (TPSA) is 66.5 Å². The third kappa shape index (κ3) is 4.60. The minimum atomic E-state index is -0.166. The van der Waals surface area contributed by atoms with Crippen molar-refractivity contribution in [2.24, 2.45) is 0 Å². The maximum atomic E-state index is 11.9. The number of urea groups is 1. The number of rotatable bonds is 5. The van der Waals surface area contributed by atoms with Crippen molar-refractivity contribution < 1.29 is 9.53 Å². The van der Waals surface area contributed by atoms with E-state index in [1.807, 2.05) is 38.1 Å². The van der Waals surface area contributed by atoms with Gasteiger partial charge in [-0.15, -0.1) is 0 Å². The van der Waals surface area contributed by atoms with Crippen LogP contribution in [0.25, 0.3) is 0 Å². The highest BCUT2D eigenvalue weighted by molar-refractivity contribution is 5.74. The van der Waals surface area contributed by atoms with E-state index in [4.69, 9.17) is 4.74 Å². The fourth-order valence-electron chi connectivity index (χ4n) is 2.35. The number of nitrogens with one attached hydrogen (secondary N) is 2. The molecule has 1 aromatic rings. The summed E-state index contributed by atoms with van der Waals surface area (Å²) in [6, 6.07) is 3.73. The van der Waals surface area contributed by atoms with Crippen LogP contribution in [0, 0.1) is 0 Å². The number of hydrogen-bond donors (Lipinski definition) is 2. The van der Waals surface area contributed by atoms with Crippen LogP contribution in [-0.2, 0) is 11.3 Å². The van der Waals surface area contributed by atoms with Crippen molar-refractivity contribution in [2.45, 2.75) is 38.5 Å². The SMILES string of the molecule is C[C@H](NC(=O)NCc1ccnc(N(C)C)c1)[C@@H]1CCCO1. The molecule has 0 radical (unpaired) electrons. The van der Waals surface area contributed by atoms with Crippen LogP contribution in [-0.4, -0.2) is 43.9 Å². The number of aromatic nitrogens is 1. The lowest BCUT2D eigenvalue weighted by molar-refractivity contribution is 0.0860. The fraction of sp³-hybridized carbons (Fsp3) is 0.600. The first-order valence-corrected chi connectivity index (χ1v) is 7.34. The molecule has 21 heavy (non-hydrogen) atoms. The number of amides is 2. The average molecular weight is 292 g/mol. The first-order chi connectivity index (χ1) is 10.1. The molecule has 2 atom stereocenters. The van der Waals surface area contributed by atoms with E-state index in [9.17, 15) is 4.79 Å². The quantitative estimate of drug-likeness (QED) is 0.863. The van der Waals surface area contributed by atoms with Crippen molar-refractivity contribution in [3.63, 3.8) is 0 Å². The first kappa shape index (κ1) is 15.6. The number of nitrogens with zero attached hydrogens (tertiary/aromatic N) is 2. The van der Waals surface area contributed by atoms with Crippen molar-refractivity contribution in [1.29, 1.82) is 0 Å². The fourth-order valence-corrected chi connectivity index (χ4v) is 2.35. The van der Waals surface area contributed by atoms with Crippen LogP contribution in [0.15, 0.2) is 18.3 Å². The molecule has 2 rings (SSSR count). The van der Waals surface area contributed by atoms with Crippen LogP contribution in [0.2, 0.25) is 0 Å². The predicted molar refractivity (Wildman–Crippen MR) is 82.4 cm³/mol. The van der Waals surface area contributed by atoms with Crippen LogP contribution in [0.1, 0.15) is 25.3 Å². The Kier molecular flexibility index (Phi) is 5.38. The molecule has 2 heterocycles. The number of anilines is 1. The van der Waals surface area contributed by atoms with Crippen LogP contribution in [0.3, 0.4) is 0 Å². The van der Waals surface area contributed by atoms with E-state index in [0.717, 1.165) is 30.8 Å². The normalized spacial score (nSPS) is 19.1. The van der Waals surface area contributed by atoms with Gasteiger partial charge in [0, 0.05) is 33.4 Å². The van der Waals surface area contributed by atoms with Crippen molar-refractivity contribution in [2.75, 3.05) is 25.6 Å². The summed E-state index contributed by atoms with van der Waals surface area (Å²) >= 11 is 0. The van der Waals surface area contributed by atoms with Gasteiger partial charge in [-0.25, -0.2) is 9.78 Å². The van der Waals surface area contributed by atoms with E-state index in [1.165, 1.54) is 0 Å². The van der Waals surface area contributed by atoms with Gasteiger partial charge < -0.3 is 20.3 Å². The third-order valence-electron chi connectivity index (χ3n) is 3.60. The molecule has 0 spiro atoms. The lowest BCUT2D eigenvalue weighted by Gasteiger charge is -2.20. The molecule has 1 saturated heterocycles. The maximum Gasteiger partial charge on any atom is 0.315 e. The van der Waals surface area contributed by atoms with Crippen LogP contribution >= 0.6 is 0 Å². The smallest absolute Gasteiger partial charge is 0.315 e. The molecule has 0 aliphatic carbocycles. The second-order valence-electron chi connectivity index (χ2n) is 5.58. The molecule has 1 aliphatic rings. The Morgan fingerprint density at radius 1 is 1.57 bits per heavy atom. The highest BCUT2D eigenvalue weighted by atomic mass is 16.5. The molecule has 1 aliphatic heterocycles. The largest absolute Gasteiger partial charge is 0.376 e. The number of ether oxygens (including phenoxy) is 1. The summed E-state index contributed by atoms with van der Waals surface area (Å²) < 4.78 is 5.56. The van der Waals surface area contributed by atoms with E-state index in [-0.39, 0.29) is 18.2 Å². The third-order valence-corrected chi connectivity index (χ3v) is 3.60. The molecule has 0 bridgehead atoms. The molecule has 6 heteroatoms. The Hall–Kier alpha value is -1.82. The van der Waals surface area contributed by atoms with Gasteiger partial charge in [-0.1, -0.05) is 0 Å². The summed E-state index contributed by atoms with van der Waals surface area (Å²) in [4.78, 5) is 18.1. The average Bonchev–Trinajstić information content (AvgIpc) is 2.99. The second-order valence-corrected chi connectivity index (χ2v) is 5.58. The Morgan fingerprint density at radius 3 is 3.05 bits per heavy atom. The van der Waals surface area contributed by atoms with Gasteiger partial charge in [0.15, 0.2) is 0 Å². The monoisotopic (exact) mass is 292 g/mol. The maximum absolute atomic E-state index is 11.9. The number of carbonyl (C=O) groups is 1. The van der Waals surface area contributed by atoms with Crippen LogP contribution in [0.5, 0.6) is 0 Å². The Labute approximate surface area is 125 Å². The van der Waals surface area contributed by atoms with E-state index >= 15 is 0 Å². The minimum absolute atomic E-state index is 0.0299. The molecular weight excluding hydrogens is 268 g/mol. The summed E-state index contributed by atoms with van der Waals surface area (Å²) in [6.07, 6.45) is 3.97. The van der Waals surface area contributed by atoms with Gasteiger partial charge in [-0.2, -0.15) is 0 Å². The molecule has 0 aromatic carbocycles. The van der Waals surface area contributed by atoms with Crippen molar-refractivity contribution in [3.8, 4) is 0 Å². The van der Waals surface area contributed by atoms with Gasteiger partial charge in [-0.3, -0.25) is 0 Å². The lowest BCUT2D eigenvalue weighted by atomic mass is 10.1. The number of hydrogen-bond acceptors (Lipinski definition) is 4. The van der Waals surface area contributed by atoms with Gasteiger partial charge in [0.05, 0.1) is 12.1 Å².